The maximum Gasteiger partial charge on any atom is 0.307 e. The molecule has 2 heterocycles. The number of carbonyl (C=O) groups excluding carboxylic acids is 1. The fourth-order valence-corrected chi connectivity index (χ4v) is 4.92. The van der Waals surface area contributed by atoms with Gasteiger partial charge in [0.05, 0.1) is 23.2 Å². The van der Waals surface area contributed by atoms with Gasteiger partial charge in [0.1, 0.15) is 5.01 Å². The lowest BCUT2D eigenvalue weighted by molar-refractivity contribution is -0.136. The Kier molecular flexibility index (Phi) is 7.80. The largest absolute Gasteiger partial charge is 0.490 e. The van der Waals surface area contributed by atoms with Gasteiger partial charge in [-0.05, 0) is 67.7 Å². The Morgan fingerprint density at radius 3 is 2.62 bits per heavy atom. The van der Waals surface area contributed by atoms with Crippen molar-refractivity contribution in [1.29, 1.82) is 0 Å². The van der Waals surface area contributed by atoms with Crippen molar-refractivity contribution in [3.8, 4) is 11.5 Å². The van der Waals surface area contributed by atoms with Gasteiger partial charge < -0.3 is 19.5 Å². The summed E-state index contributed by atoms with van der Waals surface area (Å²) in [7, 11) is 0. The Morgan fingerprint density at radius 2 is 1.88 bits per heavy atom. The zero-order chi connectivity index (χ0) is 23.9. The van der Waals surface area contributed by atoms with Gasteiger partial charge in [-0.1, -0.05) is 18.2 Å². The number of aromatic nitrogens is 1. The van der Waals surface area contributed by atoms with Crippen LogP contribution >= 0.6 is 11.3 Å². The molecular formula is C26H28N2O5S. The number of piperidine rings is 1. The summed E-state index contributed by atoms with van der Waals surface area (Å²) in [5.74, 6) is 0.0585. The Morgan fingerprint density at radius 1 is 1.09 bits per heavy atom. The second-order valence-electron chi connectivity index (χ2n) is 8.10. The first-order valence-corrected chi connectivity index (χ1v) is 12.3. The highest BCUT2D eigenvalue weighted by Gasteiger charge is 2.18. The number of aliphatic carboxylic acids is 1. The Labute approximate surface area is 202 Å². The molecule has 0 radical (unpaired) electrons. The monoisotopic (exact) mass is 480 g/mol. The van der Waals surface area contributed by atoms with Gasteiger partial charge in [-0.2, -0.15) is 0 Å². The van der Waals surface area contributed by atoms with Crippen molar-refractivity contribution in [3.05, 3.63) is 53.0 Å². The fourth-order valence-electron chi connectivity index (χ4n) is 3.94. The summed E-state index contributed by atoms with van der Waals surface area (Å²) in [5, 5.41) is 10.1. The average molecular weight is 481 g/mol. The van der Waals surface area contributed by atoms with E-state index in [0.29, 0.717) is 28.7 Å². The van der Waals surface area contributed by atoms with Gasteiger partial charge in [0.25, 0.3) is 5.91 Å². The Hall–Kier alpha value is -3.39. The average Bonchev–Trinajstić information content (AvgIpc) is 3.28. The molecule has 1 aliphatic rings. The lowest BCUT2D eigenvalue weighted by atomic mass is 10.1. The number of carbonyl (C=O) groups is 2. The topological polar surface area (TPSA) is 89.0 Å². The highest BCUT2D eigenvalue weighted by Crippen LogP contribution is 2.33. The maximum atomic E-state index is 12.5. The van der Waals surface area contributed by atoms with E-state index in [4.69, 9.17) is 9.47 Å². The molecule has 0 bridgehead atoms. The van der Waals surface area contributed by atoms with Crippen molar-refractivity contribution in [3.63, 3.8) is 0 Å². The molecule has 178 valence electrons. The molecule has 1 amide bonds. The summed E-state index contributed by atoms with van der Waals surface area (Å²) in [6, 6.07) is 13.1. The van der Waals surface area contributed by atoms with Crippen LogP contribution in [-0.2, 0) is 9.59 Å². The van der Waals surface area contributed by atoms with E-state index in [-0.39, 0.29) is 18.9 Å². The number of carboxylic acid groups (broad SMARTS) is 1. The first-order valence-electron chi connectivity index (χ1n) is 11.5. The number of carboxylic acids is 1. The van der Waals surface area contributed by atoms with Crippen LogP contribution in [0.4, 0.5) is 0 Å². The van der Waals surface area contributed by atoms with E-state index in [1.807, 2.05) is 48.2 Å². The third-order valence-corrected chi connectivity index (χ3v) is 6.69. The molecule has 8 heteroatoms. The van der Waals surface area contributed by atoms with E-state index in [0.717, 1.165) is 48.1 Å². The van der Waals surface area contributed by atoms with Crippen LogP contribution in [0.2, 0.25) is 0 Å². The van der Waals surface area contributed by atoms with Crippen molar-refractivity contribution in [2.24, 2.45) is 0 Å². The molecule has 1 fully saturated rings. The molecule has 1 aromatic heterocycles. The number of thiazole rings is 1. The number of hydrogen-bond donors (Lipinski definition) is 1. The van der Waals surface area contributed by atoms with Gasteiger partial charge in [0.2, 0.25) is 0 Å². The minimum Gasteiger partial charge on any atom is -0.490 e. The SMILES string of the molecule is CCOc1cc(/C=C(\CC(=O)O)c2nc3ccccc3s2)ccc1OCC(=O)N1CCCCC1. The lowest BCUT2D eigenvalue weighted by Crippen LogP contribution is -2.38. The lowest BCUT2D eigenvalue weighted by Gasteiger charge is -2.26. The van der Waals surface area contributed by atoms with Gasteiger partial charge in [0, 0.05) is 13.1 Å². The van der Waals surface area contributed by atoms with E-state index in [9.17, 15) is 14.7 Å². The van der Waals surface area contributed by atoms with Crippen LogP contribution in [0, 0.1) is 0 Å². The number of amides is 1. The number of likely N-dealkylation sites (tertiary alicyclic amines) is 1. The molecule has 3 aromatic rings. The van der Waals surface area contributed by atoms with Crippen LogP contribution in [0.5, 0.6) is 11.5 Å². The molecular weight excluding hydrogens is 452 g/mol. The Bertz CT molecular complexity index is 1160. The molecule has 0 aliphatic carbocycles. The summed E-state index contributed by atoms with van der Waals surface area (Å²) < 4.78 is 12.6. The van der Waals surface area contributed by atoms with Crippen molar-refractivity contribution in [2.45, 2.75) is 32.6 Å². The number of fused-ring (bicyclic) bond motifs is 1. The maximum absolute atomic E-state index is 12.5. The summed E-state index contributed by atoms with van der Waals surface area (Å²) in [4.78, 5) is 30.5. The molecule has 1 N–H and O–H groups in total. The van der Waals surface area contributed by atoms with Gasteiger partial charge >= 0.3 is 5.97 Å². The smallest absolute Gasteiger partial charge is 0.307 e. The minimum atomic E-state index is -0.924. The summed E-state index contributed by atoms with van der Waals surface area (Å²) in [6.45, 7) is 3.83. The van der Waals surface area contributed by atoms with Crippen LogP contribution in [0.1, 0.15) is 43.2 Å². The summed E-state index contributed by atoms with van der Waals surface area (Å²) in [5.41, 5.74) is 2.23. The molecule has 34 heavy (non-hydrogen) atoms. The zero-order valence-electron chi connectivity index (χ0n) is 19.2. The minimum absolute atomic E-state index is 0.0225. The first kappa shape index (κ1) is 23.8. The highest BCUT2D eigenvalue weighted by atomic mass is 32.1. The second-order valence-corrected chi connectivity index (χ2v) is 9.13. The third-order valence-electron chi connectivity index (χ3n) is 5.58. The van der Waals surface area contributed by atoms with Gasteiger partial charge in [-0.15, -0.1) is 11.3 Å². The molecule has 0 atom stereocenters. The standard InChI is InChI=1S/C26H28N2O5S/c1-2-32-22-15-18(10-11-21(22)33-17-24(29)28-12-6-3-7-13-28)14-19(16-25(30)31)26-27-20-8-4-5-9-23(20)34-26/h4-5,8-11,14-15H,2-3,6-7,12-13,16-17H2,1H3,(H,30,31)/b19-14+. The van der Waals surface area contributed by atoms with E-state index in [2.05, 4.69) is 4.98 Å². The molecule has 7 nitrogen and oxygen atoms in total. The van der Waals surface area contributed by atoms with Crippen LogP contribution in [0.15, 0.2) is 42.5 Å². The van der Waals surface area contributed by atoms with Crippen molar-refractivity contribution >= 4 is 45.1 Å². The van der Waals surface area contributed by atoms with Crippen LogP contribution in [-0.4, -0.2) is 53.2 Å². The van der Waals surface area contributed by atoms with Gasteiger partial charge in [-0.25, -0.2) is 4.98 Å². The van der Waals surface area contributed by atoms with Gasteiger partial charge in [-0.3, -0.25) is 9.59 Å². The number of benzene rings is 2. The van der Waals surface area contributed by atoms with Crippen LogP contribution in [0.25, 0.3) is 21.9 Å². The Balaban J connectivity index is 1.57. The molecule has 4 rings (SSSR count). The van der Waals surface area contributed by atoms with E-state index in [1.165, 1.54) is 11.3 Å². The summed E-state index contributed by atoms with van der Waals surface area (Å²) >= 11 is 1.47. The highest BCUT2D eigenvalue weighted by molar-refractivity contribution is 7.19. The second kappa shape index (κ2) is 11.2. The predicted octanol–water partition coefficient (Wildman–Crippen LogP) is 5.10. The normalized spacial score (nSPS) is 14.3. The predicted molar refractivity (Wildman–Crippen MR) is 133 cm³/mol. The van der Waals surface area contributed by atoms with E-state index >= 15 is 0 Å². The molecule has 0 spiro atoms. The number of para-hydroxylation sites is 1. The molecule has 0 unspecified atom stereocenters. The van der Waals surface area contributed by atoms with E-state index in [1.54, 1.807) is 12.1 Å². The van der Waals surface area contributed by atoms with Crippen LogP contribution < -0.4 is 9.47 Å². The van der Waals surface area contributed by atoms with Crippen molar-refractivity contribution in [2.75, 3.05) is 26.3 Å². The number of rotatable bonds is 9. The summed E-state index contributed by atoms with van der Waals surface area (Å²) in [6.07, 6.45) is 4.90. The number of hydrogen-bond acceptors (Lipinski definition) is 6. The van der Waals surface area contributed by atoms with Crippen LogP contribution in [0.3, 0.4) is 0 Å². The third kappa shape index (κ3) is 5.94. The first-order chi connectivity index (χ1) is 16.5. The quantitative estimate of drug-likeness (QED) is 0.458. The molecule has 2 aromatic carbocycles. The number of nitrogens with zero attached hydrogens (tertiary/aromatic N) is 2. The van der Waals surface area contributed by atoms with Crippen molar-refractivity contribution in [1.82, 2.24) is 9.88 Å². The van der Waals surface area contributed by atoms with Crippen molar-refractivity contribution < 1.29 is 24.2 Å². The van der Waals surface area contributed by atoms with E-state index < -0.39 is 5.97 Å². The molecule has 1 saturated heterocycles. The molecule has 1 aliphatic heterocycles. The zero-order valence-corrected chi connectivity index (χ0v) is 20.0. The molecule has 0 saturated carbocycles. The number of ether oxygens (including phenoxy) is 2. The fraction of sp³-hybridized carbons (Fsp3) is 0.346. The van der Waals surface area contributed by atoms with Gasteiger partial charge in [0.15, 0.2) is 18.1 Å².